The highest BCUT2D eigenvalue weighted by Gasteiger charge is 2.47. The van der Waals surface area contributed by atoms with E-state index in [9.17, 15) is 9.90 Å². The molecule has 0 aromatic rings. The molecule has 1 saturated heterocycles. The van der Waals surface area contributed by atoms with E-state index < -0.39 is 6.23 Å². The van der Waals surface area contributed by atoms with Crippen LogP contribution in [0.15, 0.2) is 12.2 Å². The van der Waals surface area contributed by atoms with Crippen LogP contribution < -0.4 is 0 Å². The molecule has 0 aromatic heterocycles. The fraction of sp³-hybridized carbons (Fsp3) is 0.850. The molecule has 0 radical (unpaired) electrons. The van der Waals surface area contributed by atoms with Crippen molar-refractivity contribution < 1.29 is 9.90 Å². The minimum absolute atomic E-state index is 0.0320. The smallest absolute Gasteiger partial charge is 0.140 e. The molecule has 24 heavy (non-hydrogen) atoms. The second-order valence-electron chi connectivity index (χ2n) is 8.31. The van der Waals surface area contributed by atoms with Gasteiger partial charge in [-0.25, -0.2) is 0 Å². The fourth-order valence-electron chi connectivity index (χ4n) is 4.42. The van der Waals surface area contributed by atoms with Gasteiger partial charge in [-0.3, -0.25) is 9.69 Å². The van der Waals surface area contributed by atoms with E-state index >= 15 is 0 Å². The summed E-state index contributed by atoms with van der Waals surface area (Å²) >= 11 is 6.38. The number of nitrogens with zero attached hydrogens (tertiary/aromatic N) is 1. The van der Waals surface area contributed by atoms with Gasteiger partial charge in [-0.05, 0) is 38.5 Å². The normalized spacial score (nSPS) is 36.4. The molecule has 1 aliphatic heterocycles. The van der Waals surface area contributed by atoms with Crippen molar-refractivity contribution in [2.24, 2.45) is 23.2 Å². The predicted octanol–water partition coefficient (Wildman–Crippen LogP) is 4.23. The minimum atomic E-state index is -0.578. The molecule has 4 heteroatoms. The summed E-state index contributed by atoms with van der Waals surface area (Å²) in [5, 5.41) is 11.4. The lowest BCUT2D eigenvalue weighted by Crippen LogP contribution is -2.56. The second kappa shape index (κ2) is 7.88. The van der Waals surface area contributed by atoms with Gasteiger partial charge in [-0.1, -0.05) is 39.8 Å². The first-order chi connectivity index (χ1) is 11.2. The van der Waals surface area contributed by atoms with Crippen LogP contribution in [0.3, 0.4) is 0 Å². The maximum Gasteiger partial charge on any atom is 0.140 e. The molecule has 1 saturated carbocycles. The SMILES string of the molecule is C/C=C\C(C)(C(C)C)[C@H](O)N1CC[C@@H](C)C(=O)C2CC(Cl)CCC21. The van der Waals surface area contributed by atoms with Crippen molar-refractivity contribution in [2.45, 2.75) is 77.9 Å². The first-order valence-electron chi connectivity index (χ1n) is 9.47. The number of carbonyl (C=O) groups is 1. The van der Waals surface area contributed by atoms with E-state index in [0.717, 1.165) is 32.2 Å². The number of likely N-dealkylation sites (tertiary alicyclic amines) is 1. The summed E-state index contributed by atoms with van der Waals surface area (Å²) in [7, 11) is 0. The zero-order chi connectivity index (χ0) is 18.1. The molecular weight excluding hydrogens is 322 g/mol. The van der Waals surface area contributed by atoms with Crippen LogP contribution in [0.4, 0.5) is 0 Å². The molecule has 1 heterocycles. The monoisotopic (exact) mass is 355 g/mol. The summed E-state index contributed by atoms with van der Waals surface area (Å²) in [6, 6.07) is 0.121. The zero-order valence-corrected chi connectivity index (χ0v) is 16.6. The zero-order valence-electron chi connectivity index (χ0n) is 15.8. The summed E-state index contributed by atoms with van der Waals surface area (Å²) in [4.78, 5) is 15.0. The average molecular weight is 356 g/mol. The predicted molar refractivity (Wildman–Crippen MR) is 100 cm³/mol. The van der Waals surface area contributed by atoms with Gasteiger partial charge in [0.25, 0.3) is 0 Å². The highest BCUT2D eigenvalue weighted by molar-refractivity contribution is 6.20. The number of ketones is 1. The van der Waals surface area contributed by atoms with E-state index in [1.165, 1.54) is 0 Å². The topological polar surface area (TPSA) is 40.5 Å². The molecule has 0 spiro atoms. The largest absolute Gasteiger partial charge is 0.377 e. The second-order valence-corrected chi connectivity index (χ2v) is 8.93. The number of alkyl halides is 1. The Hall–Kier alpha value is -0.380. The van der Waals surface area contributed by atoms with Gasteiger partial charge in [0.2, 0.25) is 0 Å². The fourth-order valence-corrected chi connectivity index (χ4v) is 4.74. The molecule has 1 aliphatic carbocycles. The molecule has 3 nitrogen and oxygen atoms in total. The number of fused-ring (bicyclic) bond motifs is 1. The number of Topliss-reactive ketones (excluding diaryl/α,β-unsaturated/α-hetero) is 1. The van der Waals surface area contributed by atoms with Gasteiger partial charge in [-0.15, -0.1) is 11.6 Å². The molecule has 2 aliphatic rings. The summed E-state index contributed by atoms with van der Waals surface area (Å²) in [5.41, 5.74) is -0.326. The van der Waals surface area contributed by atoms with Crippen molar-refractivity contribution in [3.05, 3.63) is 12.2 Å². The Balaban J connectivity index is 2.35. The lowest BCUT2D eigenvalue weighted by molar-refractivity contribution is -0.134. The minimum Gasteiger partial charge on any atom is -0.377 e. The number of hydrogen-bond donors (Lipinski definition) is 1. The maximum absolute atomic E-state index is 12.8. The Morgan fingerprint density at radius 3 is 2.58 bits per heavy atom. The number of allylic oxidation sites excluding steroid dienone is 1. The van der Waals surface area contributed by atoms with Crippen LogP contribution in [0.1, 0.15) is 60.3 Å². The Morgan fingerprint density at radius 2 is 2.00 bits per heavy atom. The highest BCUT2D eigenvalue weighted by atomic mass is 35.5. The molecule has 0 bridgehead atoms. The van der Waals surface area contributed by atoms with Crippen molar-refractivity contribution in [1.82, 2.24) is 4.90 Å². The van der Waals surface area contributed by atoms with Crippen LogP contribution in [0.5, 0.6) is 0 Å². The molecule has 2 rings (SSSR count). The molecule has 2 fully saturated rings. The third-order valence-corrected chi connectivity index (χ3v) is 6.88. The van der Waals surface area contributed by atoms with Crippen molar-refractivity contribution in [1.29, 1.82) is 0 Å². The van der Waals surface area contributed by atoms with E-state index in [1.54, 1.807) is 0 Å². The lowest BCUT2D eigenvalue weighted by Gasteiger charge is -2.47. The molecule has 138 valence electrons. The molecular formula is C20H34ClNO2. The molecule has 0 amide bonds. The summed E-state index contributed by atoms with van der Waals surface area (Å²) in [6.07, 6.45) is 6.98. The van der Waals surface area contributed by atoms with Gasteiger partial charge in [0.1, 0.15) is 12.0 Å². The highest BCUT2D eigenvalue weighted by Crippen LogP contribution is 2.42. The summed E-state index contributed by atoms with van der Waals surface area (Å²) < 4.78 is 0. The van der Waals surface area contributed by atoms with E-state index in [1.807, 2.05) is 19.9 Å². The van der Waals surface area contributed by atoms with Crippen LogP contribution >= 0.6 is 11.6 Å². The van der Waals surface area contributed by atoms with Gasteiger partial charge in [0.15, 0.2) is 0 Å². The van der Waals surface area contributed by atoms with Crippen LogP contribution in [0.25, 0.3) is 0 Å². The number of aliphatic hydroxyl groups excluding tert-OH is 1. The van der Waals surface area contributed by atoms with Gasteiger partial charge in [0.05, 0.1) is 0 Å². The number of aliphatic hydroxyl groups is 1. The molecule has 6 atom stereocenters. The molecule has 0 aromatic carbocycles. The standard InChI is InChI=1S/C20H34ClNO2/c1-6-10-20(5,13(2)3)19(24)22-11-9-14(4)18(23)16-12-15(21)7-8-17(16)22/h6,10,13-17,19,24H,7-9,11-12H2,1-5H3/b10-6-/t14-,15?,16?,17?,19+,20?/m1/s1. The van der Waals surface area contributed by atoms with Gasteiger partial charge < -0.3 is 5.11 Å². The Kier molecular flexibility index (Phi) is 6.55. The molecule has 4 unspecified atom stereocenters. The van der Waals surface area contributed by atoms with Gasteiger partial charge in [0, 0.05) is 35.2 Å². The van der Waals surface area contributed by atoms with Gasteiger partial charge >= 0.3 is 0 Å². The van der Waals surface area contributed by atoms with E-state index in [-0.39, 0.29) is 28.7 Å². The lowest BCUT2D eigenvalue weighted by atomic mass is 9.74. The van der Waals surface area contributed by atoms with E-state index in [2.05, 4.69) is 31.7 Å². The number of carbonyl (C=O) groups excluding carboxylic acids is 1. The Bertz CT molecular complexity index is 478. The number of rotatable bonds is 4. The first kappa shape index (κ1) is 19.9. The van der Waals surface area contributed by atoms with Crippen molar-refractivity contribution in [2.75, 3.05) is 6.54 Å². The maximum atomic E-state index is 12.8. The van der Waals surface area contributed by atoms with E-state index in [4.69, 9.17) is 11.6 Å². The summed E-state index contributed by atoms with van der Waals surface area (Å²) in [5.74, 6) is 0.680. The van der Waals surface area contributed by atoms with E-state index in [0.29, 0.717) is 11.7 Å². The van der Waals surface area contributed by atoms with Crippen molar-refractivity contribution in [3.63, 3.8) is 0 Å². The Labute approximate surface area is 152 Å². The third-order valence-electron chi connectivity index (χ3n) is 6.49. The summed E-state index contributed by atoms with van der Waals surface area (Å²) in [6.45, 7) is 11.2. The third kappa shape index (κ3) is 3.73. The Morgan fingerprint density at radius 1 is 1.33 bits per heavy atom. The van der Waals surface area contributed by atoms with Crippen LogP contribution in [-0.2, 0) is 4.79 Å². The average Bonchev–Trinajstić information content (AvgIpc) is 2.65. The van der Waals surface area contributed by atoms with Crippen LogP contribution in [0, 0.1) is 23.2 Å². The van der Waals surface area contributed by atoms with Crippen LogP contribution in [-0.4, -0.2) is 40.0 Å². The first-order valence-corrected chi connectivity index (χ1v) is 9.91. The van der Waals surface area contributed by atoms with Crippen molar-refractivity contribution in [3.8, 4) is 0 Å². The van der Waals surface area contributed by atoms with Crippen LogP contribution in [0.2, 0.25) is 0 Å². The quantitative estimate of drug-likeness (QED) is 0.606. The number of hydrogen-bond acceptors (Lipinski definition) is 3. The number of halogens is 1. The van der Waals surface area contributed by atoms with Crippen molar-refractivity contribution >= 4 is 17.4 Å². The molecule has 1 N–H and O–H groups in total. The van der Waals surface area contributed by atoms with Gasteiger partial charge in [-0.2, -0.15) is 0 Å².